The van der Waals surface area contributed by atoms with Crippen molar-refractivity contribution in [2.24, 2.45) is 0 Å². The Morgan fingerprint density at radius 3 is 2.65 bits per heavy atom. The summed E-state index contributed by atoms with van der Waals surface area (Å²) in [6, 6.07) is 3.36. The second-order valence-corrected chi connectivity index (χ2v) is 7.30. The van der Waals surface area contributed by atoms with Crippen molar-refractivity contribution in [2.45, 2.75) is 24.5 Å². The van der Waals surface area contributed by atoms with Gasteiger partial charge in [0.25, 0.3) is 10.0 Å². The maximum Gasteiger partial charge on any atom is 0.321 e. The zero-order valence-electron chi connectivity index (χ0n) is 11.7. The van der Waals surface area contributed by atoms with Crippen LogP contribution < -0.4 is 0 Å². The Bertz CT molecular complexity index is 563. The normalized spacial score (nSPS) is 11.6. The molecular formula is C13H19NO4S2. The number of hydrogen-bond donors (Lipinski definition) is 0. The summed E-state index contributed by atoms with van der Waals surface area (Å²) in [6.45, 7) is 7.15. The average Bonchev–Trinajstić information content (AvgIpc) is 2.88. The third-order valence-corrected chi connectivity index (χ3v) is 6.03. The summed E-state index contributed by atoms with van der Waals surface area (Å²) < 4.78 is 31.1. The van der Waals surface area contributed by atoms with Crippen molar-refractivity contribution in [1.29, 1.82) is 0 Å². The molecule has 0 N–H and O–H groups in total. The van der Waals surface area contributed by atoms with Crippen LogP contribution in [0.5, 0.6) is 0 Å². The lowest BCUT2D eigenvalue weighted by molar-refractivity contribution is -0.143. The minimum atomic E-state index is -3.69. The minimum absolute atomic E-state index is 0.0699. The van der Waals surface area contributed by atoms with E-state index in [1.54, 1.807) is 19.1 Å². The monoisotopic (exact) mass is 317 g/mol. The standard InChI is InChI=1S/C13H19NO4S2/c1-4-9-14(10-12(15)18-6-3)20(16,17)13-8-7-11(5-2)19-13/h4,7-8H,1,5-6,9-10H2,2-3H3. The Morgan fingerprint density at radius 2 is 2.15 bits per heavy atom. The number of ether oxygens (including phenoxy) is 1. The number of carbonyl (C=O) groups is 1. The van der Waals surface area contributed by atoms with Crippen LogP contribution in [-0.4, -0.2) is 38.4 Å². The first-order valence-electron chi connectivity index (χ1n) is 6.31. The quantitative estimate of drug-likeness (QED) is 0.544. The van der Waals surface area contributed by atoms with E-state index in [0.29, 0.717) is 0 Å². The molecule has 20 heavy (non-hydrogen) atoms. The highest BCUT2D eigenvalue weighted by Crippen LogP contribution is 2.25. The van der Waals surface area contributed by atoms with Crippen LogP contribution >= 0.6 is 11.3 Å². The van der Waals surface area contributed by atoms with Crippen LogP contribution in [-0.2, 0) is 26.0 Å². The number of hydrogen-bond acceptors (Lipinski definition) is 5. The molecule has 0 bridgehead atoms. The summed E-state index contributed by atoms with van der Waals surface area (Å²) >= 11 is 1.22. The number of rotatable bonds is 8. The number of nitrogens with zero attached hydrogens (tertiary/aromatic N) is 1. The molecular weight excluding hydrogens is 298 g/mol. The molecule has 0 atom stereocenters. The fourth-order valence-electron chi connectivity index (χ4n) is 1.56. The van der Waals surface area contributed by atoms with E-state index in [2.05, 4.69) is 6.58 Å². The Hall–Kier alpha value is -1.18. The van der Waals surface area contributed by atoms with Gasteiger partial charge in [0.2, 0.25) is 0 Å². The lowest BCUT2D eigenvalue weighted by Crippen LogP contribution is -2.36. The van der Waals surface area contributed by atoms with Gasteiger partial charge in [-0.15, -0.1) is 17.9 Å². The highest BCUT2D eigenvalue weighted by Gasteiger charge is 2.27. The molecule has 0 aromatic carbocycles. The van der Waals surface area contributed by atoms with Gasteiger partial charge in [-0.2, -0.15) is 4.31 Å². The highest BCUT2D eigenvalue weighted by molar-refractivity contribution is 7.91. The van der Waals surface area contributed by atoms with Crippen molar-refractivity contribution >= 4 is 27.3 Å². The lowest BCUT2D eigenvalue weighted by atomic mass is 10.4. The second-order valence-electron chi connectivity index (χ2n) is 3.97. The smallest absolute Gasteiger partial charge is 0.321 e. The zero-order valence-corrected chi connectivity index (χ0v) is 13.3. The van der Waals surface area contributed by atoms with Gasteiger partial charge in [0.1, 0.15) is 10.8 Å². The predicted octanol–water partition coefficient (Wildman–Crippen LogP) is 2.05. The van der Waals surface area contributed by atoms with Crippen LogP contribution in [0.2, 0.25) is 0 Å². The first-order chi connectivity index (χ1) is 9.45. The van der Waals surface area contributed by atoms with Crippen LogP contribution in [0.25, 0.3) is 0 Å². The number of sulfonamides is 1. The number of aryl methyl sites for hydroxylation is 1. The van der Waals surface area contributed by atoms with Crippen LogP contribution in [0.3, 0.4) is 0 Å². The van der Waals surface area contributed by atoms with Crippen LogP contribution in [0.15, 0.2) is 29.0 Å². The summed E-state index contributed by atoms with van der Waals surface area (Å²) in [4.78, 5) is 12.5. The molecule has 7 heteroatoms. The molecule has 0 saturated heterocycles. The molecule has 5 nitrogen and oxygen atoms in total. The highest BCUT2D eigenvalue weighted by atomic mass is 32.2. The first-order valence-corrected chi connectivity index (χ1v) is 8.56. The topological polar surface area (TPSA) is 63.7 Å². The molecule has 1 aromatic rings. The van der Waals surface area contributed by atoms with Gasteiger partial charge in [0.15, 0.2) is 0 Å². The molecule has 1 rings (SSSR count). The fraction of sp³-hybridized carbons (Fsp3) is 0.462. The molecule has 0 radical (unpaired) electrons. The van der Waals surface area contributed by atoms with E-state index in [1.807, 2.05) is 6.92 Å². The van der Waals surface area contributed by atoms with Gasteiger partial charge in [-0.05, 0) is 25.5 Å². The summed E-state index contributed by atoms with van der Waals surface area (Å²) in [6.07, 6.45) is 2.23. The SMILES string of the molecule is C=CCN(CC(=O)OCC)S(=O)(=O)c1ccc(CC)s1. The number of esters is 1. The van der Waals surface area contributed by atoms with Gasteiger partial charge in [-0.3, -0.25) is 4.79 Å². The molecule has 0 saturated carbocycles. The maximum atomic E-state index is 12.5. The molecule has 0 aliphatic rings. The third-order valence-electron chi connectivity index (χ3n) is 2.52. The van der Waals surface area contributed by atoms with E-state index in [0.717, 1.165) is 15.6 Å². The molecule has 0 aliphatic heterocycles. The Labute approximate surface area is 123 Å². The Morgan fingerprint density at radius 1 is 1.45 bits per heavy atom. The van der Waals surface area contributed by atoms with Crippen molar-refractivity contribution < 1.29 is 17.9 Å². The molecule has 112 valence electrons. The summed E-state index contributed by atoms with van der Waals surface area (Å²) in [5.41, 5.74) is 0. The van der Waals surface area contributed by atoms with Crippen molar-refractivity contribution in [3.63, 3.8) is 0 Å². The van der Waals surface area contributed by atoms with E-state index in [9.17, 15) is 13.2 Å². The van der Waals surface area contributed by atoms with Crippen molar-refractivity contribution in [3.8, 4) is 0 Å². The Balaban J connectivity index is 2.99. The molecule has 0 fully saturated rings. The molecule has 1 heterocycles. The minimum Gasteiger partial charge on any atom is -0.465 e. The average molecular weight is 317 g/mol. The second kappa shape index (κ2) is 7.56. The number of carbonyl (C=O) groups excluding carboxylic acids is 1. The fourth-order valence-corrected chi connectivity index (χ4v) is 4.36. The van der Waals surface area contributed by atoms with E-state index in [1.165, 1.54) is 17.4 Å². The van der Waals surface area contributed by atoms with Crippen LogP contribution in [0, 0.1) is 0 Å². The predicted molar refractivity (Wildman–Crippen MR) is 79.3 cm³/mol. The zero-order chi connectivity index (χ0) is 15.2. The summed E-state index contributed by atoms with van der Waals surface area (Å²) in [5, 5.41) is 0. The van der Waals surface area contributed by atoms with Gasteiger partial charge in [-0.1, -0.05) is 13.0 Å². The molecule has 0 unspecified atom stereocenters. The Kier molecular flexibility index (Phi) is 6.38. The molecule has 1 aromatic heterocycles. The molecule has 0 amide bonds. The largest absolute Gasteiger partial charge is 0.465 e. The van der Waals surface area contributed by atoms with Crippen molar-refractivity contribution in [2.75, 3.05) is 19.7 Å². The van der Waals surface area contributed by atoms with Gasteiger partial charge >= 0.3 is 5.97 Å². The lowest BCUT2D eigenvalue weighted by Gasteiger charge is -2.18. The summed E-state index contributed by atoms with van der Waals surface area (Å²) in [5.74, 6) is -0.565. The maximum absolute atomic E-state index is 12.5. The van der Waals surface area contributed by atoms with Crippen LogP contribution in [0.1, 0.15) is 18.7 Å². The van der Waals surface area contributed by atoms with Crippen molar-refractivity contribution in [3.05, 3.63) is 29.7 Å². The van der Waals surface area contributed by atoms with Gasteiger partial charge < -0.3 is 4.74 Å². The van der Waals surface area contributed by atoms with Gasteiger partial charge in [0, 0.05) is 11.4 Å². The number of thiophene rings is 1. The van der Waals surface area contributed by atoms with E-state index in [-0.39, 0.29) is 23.9 Å². The van der Waals surface area contributed by atoms with E-state index in [4.69, 9.17) is 4.74 Å². The van der Waals surface area contributed by atoms with Gasteiger partial charge in [0.05, 0.1) is 6.61 Å². The molecule has 0 aliphatic carbocycles. The molecule has 0 spiro atoms. The summed E-state index contributed by atoms with van der Waals surface area (Å²) in [7, 11) is -3.69. The van der Waals surface area contributed by atoms with E-state index < -0.39 is 16.0 Å². The third kappa shape index (κ3) is 4.16. The van der Waals surface area contributed by atoms with Crippen LogP contribution in [0.4, 0.5) is 0 Å². The van der Waals surface area contributed by atoms with Crippen molar-refractivity contribution in [1.82, 2.24) is 4.31 Å². The first kappa shape index (κ1) is 16.9. The van der Waals surface area contributed by atoms with E-state index >= 15 is 0 Å². The van der Waals surface area contributed by atoms with Gasteiger partial charge in [-0.25, -0.2) is 8.42 Å².